The SMILES string of the molecule is Cc1cc(NC(=O)NC2CC(=O)N(C3CC3)C2)cc(N2CCN(C)CC2)c1. The molecule has 1 aliphatic carbocycles. The van der Waals surface area contributed by atoms with E-state index in [1.807, 2.05) is 24.0 Å². The Morgan fingerprint density at radius 1 is 1.11 bits per heavy atom. The van der Waals surface area contributed by atoms with Gasteiger partial charge in [-0.15, -0.1) is 0 Å². The van der Waals surface area contributed by atoms with Gasteiger partial charge in [0.25, 0.3) is 0 Å². The summed E-state index contributed by atoms with van der Waals surface area (Å²) in [6.45, 7) is 6.76. The van der Waals surface area contributed by atoms with Crippen LogP contribution in [0, 0.1) is 6.92 Å². The maximum absolute atomic E-state index is 12.4. The standard InChI is InChI=1S/C20H29N5O2/c1-14-9-15(11-18(10-14)24-7-5-23(2)6-8-24)21-20(27)22-16-12-19(26)25(13-16)17-3-4-17/h9-11,16-17H,3-8,12-13H2,1-2H3,(H2,21,22,27). The number of nitrogens with one attached hydrogen (secondary N) is 2. The van der Waals surface area contributed by atoms with Crippen molar-refractivity contribution in [1.82, 2.24) is 15.1 Å². The minimum Gasteiger partial charge on any atom is -0.369 e. The van der Waals surface area contributed by atoms with E-state index in [-0.39, 0.29) is 18.0 Å². The molecule has 3 fully saturated rings. The predicted octanol–water partition coefficient (Wildman–Crippen LogP) is 1.63. The molecule has 1 unspecified atom stereocenters. The van der Waals surface area contributed by atoms with Crippen LogP contribution in [-0.4, -0.2) is 73.6 Å². The molecule has 1 aromatic rings. The minimum absolute atomic E-state index is 0.0972. The summed E-state index contributed by atoms with van der Waals surface area (Å²) < 4.78 is 0. The second-order valence-electron chi connectivity index (χ2n) is 8.12. The average Bonchev–Trinajstić information content (AvgIpc) is 3.38. The number of amides is 3. The van der Waals surface area contributed by atoms with E-state index < -0.39 is 0 Å². The Kier molecular flexibility index (Phi) is 4.95. The fraction of sp³-hybridized carbons (Fsp3) is 0.600. The highest BCUT2D eigenvalue weighted by Crippen LogP contribution is 2.30. The van der Waals surface area contributed by atoms with Crippen molar-refractivity contribution in [1.29, 1.82) is 0 Å². The van der Waals surface area contributed by atoms with Gasteiger partial charge in [-0.2, -0.15) is 0 Å². The van der Waals surface area contributed by atoms with Gasteiger partial charge in [-0.05, 0) is 50.6 Å². The summed E-state index contributed by atoms with van der Waals surface area (Å²) in [7, 11) is 2.14. The molecule has 2 saturated heterocycles. The van der Waals surface area contributed by atoms with Crippen molar-refractivity contribution in [2.45, 2.75) is 38.3 Å². The molecule has 1 aromatic carbocycles. The van der Waals surface area contributed by atoms with E-state index in [1.165, 1.54) is 0 Å². The molecule has 0 radical (unpaired) electrons. The van der Waals surface area contributed by atoms with Crippen LogP contribution in [0.5, 0.6) is 0 Å². The lowest BCUT2D eigenvalue weighted by molar-refractivity contribution is -0.128. The van der Waals surface area contributed by atoms with Gasteiger partial charge in [0.15, 0.2) is 0 Å². The van der Waals surface area contributed by atoms with Crippen molar-refractivity contribution in [3.63, 3.8) is 0 Å². The van der Waals surface area contributed by atoms with Gasteiger partial charge < -0.3 is 25.3 Å². The molecule has 7 nitrogen and oxygen atoms in total. The summed E-state index contributed by atoms with van der Waals surface area (Å²) in [5, 5.41) is 5.92. The van der Waals surface area contributed by atoms with Gasteiger partial charge in [0.05, 0.1) is 6.04 Å². The third-order valence-corrected chi connectivity index (χ3v) is 5.67. The van der Waals surface area contributed by atoms with Crippen molar-refractivity contribution in [2.24, 2.45) is 0 Å². The molecule has 0 aromatic heterocycles. The number of carbonyl (C=O) groups is 2. The monoisotopic (exact) mass is 371 g/mol. The van der Waals surface area contributed by atoms with E-state index in [0.29, 0.717) is 19.0 Å². The van der Waals surface area contributed by atoms with Crippen LogP contribution in [0.15, 0.2) is 18.2 Å². The van der Waals surface area contributed by atoms with Gasteiger partial charge >= 0.3 is 6.03 Å². The number of urea groups is 1. The summed E-state index contributed by atoms with van der Waals surface area (Å²) in [4.78, 5) is 31.1. The number of carbonyl (C=O) groups excluding carboxylic acids is 2. The first-order valence-electron chi connectivity index (χ1n) is 9.90. The fourth-order valence-electron chi connectivity index (χ4n) is 4.00. The molecule has 2 aliphatic heterocycles. The third kappa shape index (κ3) is 4.35. The van der Waals surface area contributed by atoms with Crippen LogP contribution in [0.2, 0.25) is 0 Å². The molecular weight excluding hydrogens is 342 g/mol. The van der Waals surface area contributed by atoms with E-state index in [2.05, 4.69) is 33.5 Å². The Labute approximate surface area is 160 Å². The largest absolute Gasteiger partial charge is 0.369 e. The van der Waals surface area contributed by atoms with Crippen molar-refractivity contribution in [3.05, 3.63) is 23.8 Å². The molecule has 3 aliphatic rings. The van der Waals surface area contributed by atoms with Gasteiger partial charge in [-0.1, -0.05) is 0 Å². The summed E-state index contributed by atoms with van der Waals surface area (Å²) in [5.74, 6) is 0.163. The molecule has 4 rings (SSSR count). The molecule has 2 heterocycles. The highest BCUT2D eigenvalue weighted by molar-refractivity contribution is 5.91. The van der Waals surface area contributed by atoms with Crippen molar-refractivity contribution >= 4 is 23.3 Å². The summed E-state index contributed by atoms with van der Waals surface area (Å²) in [5.41, 5.74) is 3.07. The van der Waals surface area contributed by atoms with Crippen molar-refractivity contribution in [2.75, 3.05) is 50.0 Å². The Morgan fingerprint density at radius 2 is 1.85 bits per heavy atom. The lowest BCUT2D eigenvalue weighted by Gasteiger charge is -2.34. The predicted molar refractivity (Wildman–Crippen MR) is 106 cm³/mol. The summed E-state index contributed by atoms with van der Waals surface area (Å²) in [6, 6.07) is 6.26. The first kappa shape index (κ1) is 18.1. The van der Waals surface area contributed by atoms with Crippen LogP contribution >= 0.6 is 0 Å². The number of hydrogen-bond donors (Lipinski definition) is 2. The van der Waals surface area contributed by atoms with Crippen LogP contribution in [0.1, 0.15) is 24.8 Å². The van der Waals surface area contributed by atoms with Crippen LogP contribution < -0.4 is 15.5 Å². The first-order valence-corrected chi connectivity index (χ1v) is 9.90. The van der Waals surface area contributed by atoms with Crippen molar-refractivity contribution in [3.8, 4) is 0 Å². The maximum atomic E-state index is 12.4. The molecular formula is C20H29N5O2. The molecule has 2 N–H and O–H groups in total. The highest BCUT2D eigenvalue weighted by atomic mass is 16.2. The quantitative estimate of drug-likeness (QED) is 0.844. The molecule has 0 spiro atoms. The number of benzene rings is 1. The Bertz CT molecular complexity index is 725. The van der Waals surface area contributed by atoms with Gasteiger partial charge in [-0.3, -0.25) is 4.79 Å². The topological polar surface area (TPSA) is 67.9 Å². The lowest BCUT2D eigenvalue weighted by atomic mass is 10.1. The molecule has 0 bridgehead atoms. The van der Waals surface area contributed by atoms with Gasteiger partial charge in [0.2, 0.25) is 5.91 Å². The second kappa shape index (κ2) is 7.38. The van der Waals surface area contributed by atoms with Gasteiger partial charge in [0.1, 0.15) is 0 Å². The van der Waals surface area contributed by atoms with E-state index >= 15 is 0 Å². The minimum atomic E-state index is -0.236. The number of nitrogens with zero attached hydrogens (tertiary/aromatic N) is 3. The van der Waals surface area contributed by atoms with Crippen molar-refractivity contribution < 1.29 is 9.59 Å². The second-order valence-corrected chi connectivity index (χ2v) is 8.12. The summed E-state index contributed by atoms with van der Waals surface area (Å²) in [6.07, 6.45) is 2.61. The molecule has 7 heteroatoms. The van der Waals surface area contributed by atoms with Crippen LogP contribution in [-0.2, 0) is 4.79 Å². The number of anilines is 2. The lowest BCUT2D eigenvalue weighted by Crippen LogP contribution is -2.44. The number of rotatable bonds is 4. The third-order valence-electron chi connectivity index (χ3n) is 5.67. The van der Waals surface area contributed by atoms with E-state index in [1.54, 1.807) is 0 Å². The zero-order valence-electron chi connectivity index (χ0n) is 16.2. The van der Waals surface area contributed by atoms with Gasteiger partial charge in [0, 0.05) is 56.6 Å². The van der Waals surface area contributed by atoms with Crippen LogP contribution in [0.3, 0.4) is 0 Å². The number of aryl methyl sites for hydroxylation is 1. The smallest absolute Gasteiger partial charge is 0.319 e. The normalized spacial score (nSPS) is 23.6. The van der Waals surface area contributed by atoms with Crippen LogP contribution in [0.4, 0.5) is 16.2 Å². The maximum Gasteiger partial charge on any atom is 0.319 e. The van der Waals surface area contributed by atoms with E-state index in [4.69, 9.17) is 0 Å². The zero-order chi connectivity index (χ0) is 19.0. The molecule has 146 valence electrons. The Morgan fingerprint density at radius 3 is 2.56 bits per heavy atom. The highest BCUT2D eigenvalue weighted by Gasteiger charge is 2.39. The first-order chi connectivity index (χ1) is 13.0. The van der Waals surface area contributed by atoms with E-state index in [0.717, 1.165) is 56.0 Å². The fourth-order valence-corrected chi connectivity index (χ4v) is 4.00. The average molecular weight is 371 g/mol. The Hall–Kier alpha value is -2.28. The zero-order valence-corrected chi connectivity index (χ0v) is 16.2. The number of likely N-dealkylation sites (tertiary alicyclic amines) is 1. The molecule has 27 heavy (non-hydrogen) atoms. The Balaban J connectivity index is 1.36. The number of hydrogen-bond acceptors (Lipinski definition) is 4. The molecule has 1 atom stereocenters. The number of likely N-dealkylation sites (N-methyl/N-ethyl adjacent to an activating group) is 1. The number of piperazine rings is 1. The van der Waals surface area contributed by atoms with E-state index in [9.17, 15) is 9.59 Å². The van der Waals surface area contributed by atoms with Crippen LogP contribution in [0.25, 0.3) is 0 Å². The molecule has 1 saturated carbocycles. The van der Waals surface area contributed by atoms with Gasteiger partial charge in [-0.25, -0.2) is 4.79 Å². The summed E-state index contributed by atoms with van der Waals surface area (Å²) >= 11 is 0. The molecule has 3 amide bonds.